The molecular formula is C21H17N3O6. The van der Waals surface area contributed by atoms with E-state index in [1.54, 1.807) is 36.4 Å². The highest BCUT2D eigenvalue weighted by atomic mass is 16.7. The van der Waals surface area contributed by atoms with Gasteiger partial charge in [-0.3, -0.25) is 0 Å². The fourth-order valence-corrected chi connectivity index (χ4v) is 2.41. The van der Waals surface area contributed by atoms with Crippen molar-refractivity contribution in [3.8, 4) is 34.5 Å². The van der Waals surface area contributed by atoms with Gasteiger partial charge in [-0.2, -0.15) is 4.99 Å². The van der Waals surface area contributed by atoms with Crippen LogP contribution in [0.3, 0.4) is 0 Å². The van der Waals surface area contributed by atoms with E-state index in [4.69, 9.17) is 14.3 Å². The van der Waals surface area contributed by atoms with Gasteiger partial charge in [0.2, 0.25) is 5.88 Å². The predicted octanol–water partition coefficient (Wildman–Crippen LogP) is 3.23. The third-order valence-electron chi connectivity index (χ3n) is 3.80. The van der Waals surface area contributed by atoms with E-state index in [0.29, 0.717) is 17.2 Å². The van der Waals surface area contributed by atoms with Gasteiger partial charge < -0.3 is 29.6 Å². The number of hydroxylamine groups is 1. The molecule has 0 spiro atoms. The number of aromatic hydroxyl groups is 3. The van der Waals surface area contributed by atoms with Crippen molar-refractivity contribution in [2.75, 3.05) is 0 Å². The standard InChI is InChI=1S/C21H17N3O6/c25-14-1-7-17(8-2-14)28-20-13-24(30-19-11-5-16(27)6-12-19)23-21(22-20)29-18-9-3-15(26)4-10-18/h1-13,25-27H,(H,22,23). The summed E-state index contributed by atoms with van der Waals surface area (Å²) in [6, 6.07) is 18.4. The SMILES string of the molecule is Oc1ccc(OC2=CN(Oc3ccc(O)cc3)NC(Oc3ccc(O)cc3)=N2)cc1. The first-order chi connectivity index (χ1) is 14.5. The van der Waals surface area contributed by atoms with Crippen molar-refractivity contribution in [2.24, 2.45) is 4.99 Å². The Hall–Kier alpha value is -4.53. The first-order valence-corrected chi connectivity index (χ1v) is 8.81. The number of ether oxygens (including phenoxy) is 2. The van der Waals surface area contributed by atoms with Gasteiger partial charge in [0, 0.05) is 0 Å². The van der Waals surface area contributed by atoms with E-state index in [2.05, 4.69) is 10.4 Å². The summed E-state index contributed by atoms with van der Waals surface area (Å²) in [7, 11) is 0. The topological polar surface area (TPSA) is 116 Å². The van der Waals surface area contributed by atoms with Gasteiger partial charge in [-0.25, -0.2) is 5.43 Å². The van der Waals surface area contributed by atoms with Crippen molar-refractivity contribution in [2.45, 2.75) is 0 Å². The van der Waals surface area contributed by atoms with E-state index in [9.17, 15) is 15.3 Å². The number of aliphatic imine (C=N–C) groups is 1. The second-order valence-corrected chi connectivity index (χ2v) is 6.10. The lowest BCUT2D eigenvalue weighted by Crippen LogP contribution is -2.46. The van der Waals surface area contributed by atoms with Crippen LogP contribution in [0.25, 0.3) is 0 Å². The highest BCUT2D eigenvalue weighted by Crippen LogP contribution is 2.22. The lowest BCUT2D eigenvalue weighted by molar-refractivity contribution is -0.0450. The summed E-state index contributed by atoms with van der Waals surface area (Å²) in [5, 5.41) is 29.5. The van der Waals surface area contributed by atoms with Crippen LogP contribution in [-0.2, 0) is 0 Å². The minimum Gasteiger partial charge on any atom is -0.508 e. The average molecular weight is 407 g/mol. The van der Waals surface area contributed by atoms with Crippen molar-refractivity contribution in [3.05, 3.63) is 84.9 Å². The highest BCUT2D eigenvalue weighted by Gasteiger charge is 2.18. The Morgan fingerprint density at radius 2 is 1.10 bits per heavy atom. The summed E-state index contributed by atoms with van der Waals surface area (Å²) in [6.07, 6.45) is 1.45. The average Bonchev–Trinajstić information content (AvgIpc) is 2.73. The zero-order valence-corrected chi connectivity index (χ0v) is 15.5. The molecule has 0 saturated carbocycles. The normalized spacial score (nSPS) is 13.0. The highest BCUT2D eigenvalue weighted by molar-refractivity contribution is 5.77. The number of nitrogens with zero attached hydrogens (tertiary/aromatic N) is 2. The molecule has 0 amide bonds. The molecule has 1 aliphatic heterocycles. The third-order valence-corrected chi connectivity index (χ3v) is 3.80. The van der Waals surface area contributed by atoms with Gasteiger partial charge in [0.15, 0.2) is 5.75 Å². The maximum absolute atomic E-state index is 9.42. The smallest absolute Gasteiger partial charge is 0.320 e. The molecule has 0 atom stereocenters. The second-order valence-electron chi connectivity index (χ2n) is 6.10. The largest absolute Gasteiger partial charge is 0.508 e. The third kappa shape index (κ3) is 4.84. The molecule has 9 nitrogen and oxygen atoms in total. The number of benzene rings is 3. The van der Waals surface area contributed by atoms with E-state index in [1.165, 1.54) is 47.8 Å². The number of amidine groups is 1. The van der Waals surface area contributed by atoms with Crippen LogP contribution < -0.4 is 19.7 Å². The summed E-state index contributed by atoms with van der Waals surface area (Å²) in [6.45, 7) is 0. The second kappa shape index (κ2) is 8.23. The van der Waals surface area contributed by atoms with Gasteiger partial charge in [0.25, 0.3) is 0 Å². The molecule has 0 aliphatic carbocycles. The van der Waals surface area contributed by atoms with Gasteiger partial charge in [-0.1, -0.05) is 0 Å². The minimum atomic E-state index is 0.0516. The zero-order valence-electron chi connectivity index (χ0n) is 15.5. The molecule has 0 fully saturated rings. The minimum absolute atomic E-state index is 0.0516. The van der Waals surface area contributed by atoms with Crippen LogP contribution in [0.2, 0.25) is 0 Å². The fourth-order valence-electron chi connectivity index (χ4n) is 2.41. The molecule has 0 bridgehead atoms. The van der Waals surface area contributed by atoms with Crippen molar-refractivity contribution < 1.29 is 29.6 Å². The quantitative estimate of drug-likeness (QED) is 0.510. The van der Waals surface area contributed by atoms with Gasteiger partial charge in [0.1, 0.15) is 34.9 Å². The molecule has 152 valence electrons. The number of hydrogen-bond donors (Lipinski definition) is 4. The Kier molecular flexibility index (Phi) is 5.16. The van der Waals surface area contributed by atoms with Crippen molar-refractivity contribution in [1.29, 1.82) is 0 Å². The van der Waals surface area contributed by atoms with Crippen LogP contribution in [0, 0.1) is 0 Å². The van der Waals surface area contributed by atoms with E-state index >= 15 is 0 Å². The molecule has 4 rings (SSSR count). The van der Waals surface area contributed by atoms with E-state index in [0.717, 1.165) is 0 Å². The molecular weight excluding hydrogens is 390 g/mol. The Morgan fingerprint density at radius 1 is 0.633 bits per heavy atom. The van der Waals surface area contributed by atoms with Crippen LogP contribution in [0.4, 0.5) is 0 Å². The summed E-state index contributed by atoms with van der Waals surface area (Å²) >= 11 is 0. The van der Waals surface area contributed by atoms with Crippen LogP contribution in [0.5, 0.6) is 34.5 Å². The number of phenols is 3. The Bertz CT molecular complexity index is 1060. The number of phenolic OH excluding ortho intramolecular Hbond substituents is 3. The summed E-state index contributed by atoms with van der Waals surface area (Å²) in [4.78, 5) is 9.96. The van der Waals surface area contributed by atoms with E-state index in [-0.39, 0.29) is 29.2 Å². The molecule has 30 heavy (non-hydrogen) atoms. The Balaban J connectivity index is 1.56. The molecule has 1 heterocycles. The number of nitrogens with one attached hydrogen (secondary N) is 1. The van der Waals surface area contributed by atoms with E-state index in [1.807, 2.05) is 0 Å². The first-order valence-electron chi connectivity index (χ1n) is 8.81. The predicted molar refractivity (Wildman–Crippen MR) is 107 cm³/mol. The summed E-state index contributed by atoms with van der Waals surface area (Å²) < 4.78 is 11.4. The van der Waals surface area contributed by atoms with Crippen LogP contribution in [0.1, 0.15) is 0 Å². The lowest BCUT2D eigenvalue weighted by atomic mass is 10.3. The van der Waals surface area contributed by atoms with Crippen molar-refractivity contribution in [3.63, 3.8) is 0 Å². The molecule has 9 heteroatoms. The zero-order chi connectivity index (χ0) is 20.9. The molecule has 0 saturated heterocycles. The molecule has 0 unspecified atom stereocenters. The van der Waals surface area contributed by atoms with Gasteiger partial charge in [0.05, 0.1) is 0 Å². The molecule has 4 N–H and O–H groups in total. The monoisotopic (exact) mass is 407 g/mol. The van der Waals surface area contributed by atoms with Crippen molar-refractivity contribution in [1.82, 2.24) is 10.6 Å². The summed E-state index contributed by atoms with van der Waals surface area (Å²) in [5.41, 5.74) is 2.82. The number of rotatable bonds is 5. The van der Waals surface area contributed by atoms with Crippen LogP contribution in [-0.4, -0.2) is 26.5 Å². The van der Waals surface area contributed by atoms with Crippen LogP contribution >= 0.6 is 0 Å². The first kappa shape index (κ1) is 18.8. The van der Waals surface area contributed by atoms with E-state index < -0.39 is 0 Å². The maximum atomic E-state index is 9.42. The lowest BCUT2D eigenvalue weighted by Gasteiger charge is -2.26. The summed E-state index contributed by atoms with van der Waals surface area (Å²) in [5.74, 6) is 1.78. The van der Waals surface area contributed by atoms with Crippen LogP contribution in [0.15, 0.2) is 89.9 Å². The Morgan fingerprint density at radius 3 is 1.63 bits per heavy atom. The molecule has 0 radical (unpaired) electrons. The van der Waals surface area contributed by atoms with Gasteiger partial charge >= 0.3 is 6.02 Å². The van der Waals surface area contributed by atoms with Gasteiger partial charge in [-0.15, -0.1) is 5.17 Å². The maximum Gasteiger partial charge on any atom is 0.320 e. The van der Waals surface area contributed by atoms with Crippen molar-refractivity contribution >= 4 is 6.02 Å². The van der Waals surface area contributed by atoms with Gasteiger partial charge in [-0.05, 0) is 72.8 Å². The molecule has 3 aromatic rings. The molecule has 0 aromatic heterocycles. The molecule has 3 aromatic carbocycles. The fraction of sp³-hybridized carbons (Fsp3) is 0. The number of hydrogen-bond acceptors (Lipinski definition) is 9. The Labute approximate surface area is 171 Å². The number of hydrazine groups is 1. The molecule has 1 aliphatic rings.